The Labute approximate surface area is 151 Å². The summed E-state index contributed by atoms with van der Waals surface area (Å²) in [7, 11) is 2.07. The zero-order valence-electron chi connectivity index (χ0n) is 14.6. The number of rotatable bonds is 3. The molecule has 0 aliphatic carbocycles. The van der Waals surface area contributed by atoms with Crippen molar-refractivity contribution >= 4 is 22.6 Å². The summed E-state index contributed by atoms with van der Waals surface area (Å²) in [5, 5.41) is 11.0. The Morgan fingerprint density at radius 2 is 1.96 bits per heavy atom. The third-order valence-electron chi connectivity index (χ3n) is 5.05. The van der Waals surface area contributed by atoms with E-state index in [1.807, 2.05) is 24.3 Å². The second-order valence-electron chi connectivity index (χ2n) is 6.91. The van der Waals surface area contributed by atoms with Crippen molar-refractivity contribution in [3.05, 3.63) is 48.3 Å². The van der Waals surface area contributed by atoms with Gasteiger partial charge in [-0.25, -0.2) is 4.39 Å². The van der Waals surface area contributed by atoms with E-state index in [1.54, 1.807) is 6.07 Å². The van der Waals surface area contributed by atoms with Crippen LogP contribution in [0.15, 0.2) is 42.5 Å². The number of carbonyl (C=O) groups is 1. The quantitative estimate of drug-likeness (QED) is 0.756. The Morgan fingerprint density at radius 3 is 2.73 bits per heavy atom. The Hall–Kier alpha value is -2.73. The van der Waals surface area contributed by atoms with Gasteiger partial charge in [0.15, 0.2) is 5.82 Å². The van der Waals surface area contributed by atoms with Gasteiger partial charge in [-0.3, -0.25) is 9.89 Å². The molecule has 1 saturated heterocycles. The van der Waals surface area contributed by atoms with E-state index in [0.717, 1.165) is 48.0 Å². The molecular weight excluding hydrogens is 331 g/mol. The molecular formula is C20H21FN4O. The first-order chi connectivity index (χ1) is 12.6. The normalized spacial score (nSPS) is 16.1. The van der Waals surface area contributed by atoms with Gasteiger partial charge < -0.3 is 10.2 Å². The summed E-state index contributed by atoms with van der Waals surface area (Å²) >= 11 is 0. The molecule has 6 heteroatoms. The first-order valence-electron chi connectivity index (χ1n) is 8.83. The fourth-order valence-electron chi connectivity index (χ4n) is 3.45. The van der Waals surface area contributed by atoms with Crippen LogP contribution in [0.5, 0.6) is 0 Å². The Kier molecular flexibility index (Phi) is 4.42. The number of fused-ring (bicyclic) bond motifs is 1. The van der Waals surface area contributed by atoms with Crippen molar-refractivity contribution in [2.24, 2.45) is 5.92 Å². The van der Waals surface area contributed by atoms with Crippen LogP contribution in [0.2, 0.25) is 0 Å². The summed E-state index contributed by atoms with van der Waals surface area (Å²) in [6.07, 6.45) is 1.72. The molecule has 0 unspecified atom stereocenters. The molecule has 0 saturated carbocycles. The molecule has 0 bridgehead atoms. The number of hydrogen-bond donors (Lipinski definition) is 2. The van der Waals surface area contributed by atoms with E-state index in [-0.39, 0.29) is 17.6 Å². The number of H-pyrrole nitrogens is 1. The summed E-state index contributed by atoms with van der Waals surface area (Å²) in [6.45, 7) is 1.87. The minimum absolute atomic E-state index is 0.0164. The van der Waals surface area contributed by atoms with Gasteiger partial charge in [-0.2, -0.15) is 5.10 Å². The number of piperidine rings is 1. The molecule has 0 atom stereocenters. The highest BCUT2D eigenvalue weighted by atomic mass is 19.1. The van der Waals surface area contributed by atoms with Crippen molar-refractivity contribution in [3.8, 4) is 11.1 Å². The van der Waals surface area contributed by atoms with E-state index in [2.05, 4.69) is 27.5 Å². The number of aromatic amines is 1. The van der Waals surface area contributed by atoms with Crippen molar-refractivity contribution in [2.75, 3.05) is 25.5 Å². The molecule has 0 radical (unpaired) electrons. The number of halogens is 1. The van der Waals surface area contributed by atoms with Crippen LogP contribution in [0.25, 0.3) is 22.0 Å². The predicted octanol–water partition coefficient (Wildman–Crippen LogP) is 3.65. The van der Waals surface area contributed by atoms with E-state index >= 15 is 0 Å². The van der Waals surface area contributed by atoms with Gasteiger partial charge in [0.2, 0.25) is 5.91 Å². The molecule has 4 rings (SSSR count). The fourth-order valence-corrected chi connectivity index (χ4v) is 3.45. The summed E-state index contributed by atoms with van der Waals surface area (Å²) in [6, 6.07) is 12.2. The topological polar surface area (TPSA) is 61.0 Å². The number of anilines is 1. The monoisotopic (exact) mass is 352 g/mol. The lowest BCUT2D eigenvalue weighted by Crippen LogP contribution is -2.36. The lowest BCUT2D eigenvalue weighted by molar-refractivity contribution is -0.121. The number of amides is 1. The molecule has 1 aliphatic heterocycles. The van der Waals surface area contributed by atoms with Gasteiger partial charge in [-0.15, -0.1) is 0 Å². The number of benzene rings is 2. The second kappa shape index (κ2) is 6.88. The van der Waals surface area contributed by atoms with E-state index in [9.17, 15) is 9.18 Å². The Balaban J connectivity index is 1.59. The van der Waals surface area contributed by atoms with Crippen molar-refractivity contribution in [2.45, 2.75) is 12.8 Å². The predicted molar refractivity (Wildman–Crippen MR) is 100 cm³/mol. The number of carbonyl (C=O) groups excluding carboxylic acids is 1. The summed E-state index contributed by atoms with van der Waals surface area (Å²) in [4.78, 5) is 14.8. The van der Waals surface area contributed by atoms with Crippen molar-refractivity contribution < 1.29 is 9.18 Å². The van der Waals surface area contributed by atoms with E-state index < -0.39 is 0 Å². The van der Waals surface area contributed by atoms with E-state index in [0.29, 0.717) is 5.82 Å². The summed E-state index contributed by atoms with van der Waals surface area (Å²) in [5.41, 5.74) is 2.51. The van der Waals surface area contributed by atoms with E-state index in [4.69, 9.17) is 0 Å². The van der Waals surface area contributed by atoms with Gasteiger partial charge in [0.1, 0.15) is 5.82 Å². The molecule has 2 heterocycles. The molecule has 1 amide bonds. The maximum absolute atomic E-state index is 13.5. The smallest absolute Gasteiger partial charge is 0.228 e. The van der Waals surface area contributed by atoms with Crippen LogP contribution in [0.1, 0.15) is 12.8 Å². The van der Waals surface area contributed by atoms with Crippen LogP contribution in [-0.2, 0) is 4.79 Å². The van der Waals surface area contributed by atoms with Gasteiger partial charge in [0, 0.05) is 11.3 Å². The lowest BCUT2D eigenvalue weighted by Gasteiger charge is -2.27. The molecule has 1 fully saturated rings. The summed E-state index contributed by atoms with van der Waals surface area (Å²) < 4.78 is 13.5. The van der Waals surface area contributed by atoms with E-state index in [1.165, 1.54) is 12.1 Å². The van der Waals surface area contributed by atoms with Crippen LogP contribution in [-0.4, -0.2) is 41.1 Å². The molecule has 1 aromatic heterocycles. The average Bonchev–Trinajstić information content (AvgIpc) is 3.04. The van der Waals surface area contributed by atoms with Crippen molar-refractivity contribution in [3.63, 3.8) is 0 Å². The minimum Gasteiger partial charge on any atom is -0.308 e. The van der Waals surface area contributed by atoms with Crippen molar-refractivity contribution in [1.29, 1.82) is 0 Å². The van der Waals surface area contributed by atoms with Crippen LogP contribution >= 0.6 is 0 Å². The first kappa shape index (κ1) is 16.7. The van der Waals surface area contributed by atoms with Crippen LogP contribution in [0.3, 0.4) is 0 Å². The lowest BCUT2D eigenvalue weighted by atomic mass is 9.96. The second-order valence-corrected chi connectivity index (χ2v) is 6.91. The largest absolute Gasteiger partial charge is 0.308 e. The zero-order chi connectivity index (χ0) is 18.1. The average molecular weight is 352 g/mol. The van der Waals surface area contributed by atoms with Gasteiger partial charge in [0.25, 0.3) is 0 Å². The number of nitrogens with zero attached hydrogens (tertiary/aromatic N) is 2. The molecule has 0 spiro atoms. The molecule has 1 aliphatic rings. The third-order valence-corrected chi connectivity index (χ3v) is 5.05. The maximum atomic E-state index is 13.5. The number of likely N-dealkylation sites (tertiary alicyclic amines) is 1. The highest BCUT2D eigenvalue weighted by Gasteiger charge is 2.24. The Morgan fingerprint density at radius 1 is 1.19 bits per heavy atom. The van der Waals surface area contributed by atoms with Gasteiger partial charge >= 0.3 is 0 Å². The molecule has 5 nitrogen and oxygen atoms in total. The number of nitrogens with one attached hydrogen (secondary N) is 2. The van der Waals surface area contributed by atoms with Gasteiger partial charge in [-0.05, 0) is 68.4 Å². The molecule has 26 heavy (non-hydrogen) atoms. The number of aromatic nitrogens is 2. The highest BCUT2D eigenvalue weighted by Crippen LogP contribution is 2.28. The summed E-state index contributed by atoms with van der Waals surface area (Å²) in [5.74, 6) is 0.291. The van der Waals surface area contributed by atoms with Crippen LogP contribution in [0.4, 0.5) is 10.2 Å². The maximum Gasteiger partial charge on any atom is 0.228 e. The molecule has 2 N–H and O–H groups in total. The van der Waals surface area contributed by atoms with Crippen LogP contribution in [0, 0.1) is 11.7 Å². The standard InChI is InChI=1S/C20H21FN4O/c1-25-9-7-13(8-10-25)20(26)22-19-17-12-15(5-6-18(17)23-24-19)14-3-2-4-16(21)11-14/h2-6,11-13H,7-10H2,1H3,(H2,22,23,24,26). The molecule has 2 aromatic carbocycles. The SMILES string of the molecule is CN1CCC(C(=O)Nc2n[nH]c3ccc(-c4cccc(F)c4)cc23)CC1. The third kappa shape index (κ3) is 3.32. The first-order valence-corrected chi connectivity index (χ1v) is 8.83. The zero-order valence-corrected chi connectivity index (χ0v) is 14.6. The molecule has 134 valence electrons. The van der Waals surface area contributed by atoms with Gasteiger partial charge in [-0.1, -0.05) is 18.2 Å². The van der Waals surface area contributed by atoms with Gasteiger partial charge in [0.05, 0.1) is 5.52 Å². The van der Waals surface area contributed by atoms with Crippen molar-refractivity contribution in [1.82, 2.24) is 15.1 Å². The highest BCUT2D eigenvalue weighted by molar-refractivity contribution is 6.01. The minimum atomic E-state index is -0.273. The molecule has 3 aromatic rings. The number of hydrogen-bond acceptors (Lipinski definition) is 3. The Bertz CT molecular complexity index is 944. The van der Waals surface area contributed by atoms with Crippen LogP contribution < -0.4 is 5.32 Å². The fraction of sp³-hybridized carbons (Fsp3) is 0.300.